The van der Waals surface area contributed by atoms with E-state index in [-0.39, 0.29) is 17.4 Å². The number of hydrogen-bond acceptors (Lipinski definition) is 4. The first kappa shape index (κ1) is 18.7. The van der Waals surface area contributed by atoms with Gasteiger partial charge in [0.2, 0.25) is 15.9 Å². The van der Waals surface area contributed by atoms with Gasteiger partial charge < -0.3 is 10.2 Å². The number of piperidine rings is 1. The second-order valence-electron chi connectivity index (χ2n) is 7.33. The summed E-state index contributed by atoms with van der Waals surface area (Å²) < 4.78 is 24.5. The van der Waals surface area contributed by atoms with E-state index < -0.39 is 10.0 Å². The highest BCUT2D eigenvalue weighted by Crippen LogP contribution is 2.31. The van der Waals surface area contributed by atoms with Gasteiger partial charge in [-0.1, -0.05) is 19.3 Å². The van der Waals surface area contributed by atoms with Crippen molar-refractivity contribution >= 4 is 15.9 Å². The van der Waals surface area contributed by atoms with E-state index in [1.165, 1.54) is 29.8 Å². The van der Waals surface area contributed by atoms with Crippen LogP contribution < -0.4 is 5.32 Å². The Morgan fingerprint density at radius 3 is 2.22 bits per heavy atom. The number of hydrogen-bond donors (Lipinski definition) is 1. The van der Waals surface area contributed by atoms with Crippen LogP contribution in [0.3, 0.4) is 0 Å². The Morgan fingerprint density at radius 1 is 1.17 bits per heavy atom. The van der Waals surface area contributed by atoms with Gasteiger partial charge in [-0.3, -0.25) is 4.79 Å². The summed E-state index contributed by atoms with van der Waals surface area (Å²) >= 11 is 0. The molecule has 0 atom stereocenters. The molecule has 0 unspecified atom stereocenters. The molecule has 2 aliphatic rings. The Bertz CT molecular complexity index is 505. The molecule has 1 aliphatic carbocycles. The third-order valence-electron chi connectivity index (χ3n) is 5.62. The van der Waals surface area contributed by atoms with Crippen molar-refractivity contribution in [3.63, 3.8) is 0 Å². The molecule has 2 rings (SSSR count). The highest BCUT2D eigenvalue weighted by molar-refractivity contribution is 7.88. The van der Waals surface area contributed by atoms with Crippen molar-refractivity contribution in [1.82, 2.24) is 14.5 Å². The van der Waals surface area contributed by atoms with Crippen LogP contribution in [0.5, 0.6) is 0 Å². The monoisotopic (exact) mass is 345 g/mol. The zero-order chi connectivity index (χ0) is 17.1. The van der Waals surface area contributed by atoms with E-state index in [0.29, 0.717) is 32.5 Å². The van der Waals surface area contributed by atoms with Gasteiger partial charge >= 0.3 is 0 Å². The van der Waals surface area contributed by atoms with Crippen molar-refractivity contribution in [3.8, 4) is 0 Å². The number of rotatable bonds is 5. The molecule has 0 spiro atoms. The maximum atomic E-state index is 12.5. The highest BCUT2D eigenvalue weighted by atomic mass is 32.2. The van der Waals surface area contributed by atoms with Crippen molar-refractivity contribution in [1.29, 1.82) is 0 Å². The number of nitrogens with zero attached hydrogens (tertiary/aromatic N) is 2. The summed E-state index contributed by atoms with van der Waals surface area (Å²) in [5, 5.41) is 3.15. The second-order valence-corrected chi connectivity index (χ2v) is 9.32. The van der Waals surface area contributed by atoms with E-state index in [9.17, 15) is 13.2 Å². The minimum atomic E-state index is -3.13. The Balaban J connectivity index is 1.85. The van der Waals surface area contributed by atoms with Gasteiger partial charge in [0.25, 0.3) is 0 Å². The predicted molar refractivity (Wildman–Crippen MR) is 91.7 cm³/mol. The van der Waals surface area contributed by atoms with Gasteiger partial charge in [-0.05, 0) is 39.8 Å². The van der Waals surface area contributed by atoms with Gasteiger partial charge in [0.1, 0.15) is 0 Å². The summed E-state index contributed by atoms with van der Waals surface area (Å²) in [6, 6.07) is 0. The maximum absolute atomic E-state index is 12.5. The van der Waals surface area contributed by atoms with E-state index in [2.05, 4.69) is 24.3 Å². The summed E-state index contributed by atoms with van der Waals surface area (Å²) in [6.07, 6.45) is 8.47. The fourth-order valence-corrected chi connectivity index (χ4v) is 4.71. The molecule has 6 nitrogen and oxygen atoms in total. The third-order valence-corrected chi connectivity index (χ3v) is 6.92. The lowest BCUT2D eigenvalue weighted by molar-refractivity contribution is -0.126. The lowest BCUT2D eigenvalue weighted by atomic mass is 9.80. The SMILES string of the molecule is CN(C)C1(CNC(=O)C2CCN(S(C)(=O)=O)CC2)CCCCC1. The van der Waals surface area contributed by atoms with Crippen molar-refractivity contribution in [3.05, 3.63) is 0 Å². The van der Waals surface area contributed by atoms with Crippen LogP contribution in [0.2, 0.25) is 0 Å². The summed E-state index contributed by atoms with van der Waals surface area (Å²) in [5.41, 5.74) is 0.0847. The molecule has 0 aromatic heterocycles. The van der Waals surface area contributed by atoms with E-state index >= 15 is 0 Å². The van der Waals surface area contributed by atoms with Crippen LogP contribution >= 0.6 is 0 Å². The molecule has 2 fully saturated rings. The molecule has 0 radical (unpaired) electrons. The molecular formula is C16H31N3O3S. The van der Waals surface area contributed by atoms with Gasteiger partial charge in [0, 0.05) is 31.1 Å². The minimum absolute atomic E-state index is 0.0594. The first-order valence-corrected chi connectivity index (χ1v) is 10.5. The zero-order valence-electron chi connectivity index (χ0n) is 14.7. The van der Waals surface area contributed by atoms with Gasteiger partial charge in [0.15, 0.2) is 0 Å². The van der Waals surface area contributed by atoms with Crippen LogP contribution in [0.25, 0.3) is 0 Å². The fourth-order valence-electron chi connectivity index (χ4n) is 3.84. The number of sulfonamides is 1. The molecule has 0 aromatic carbocycles. The molecule has 1 saturated heterocycles. The van der Waals surface area contributed by atoms with E-state index in [0.717, 1.165) is 12.8 Å². The normalized spacial score (nSPS) is 23.8. The van der Waals surface area contributed by atoms with Gasteiger partial charge in [0.05, 0.1) is 6.26 Å². The predicted octanol–water partition coefficient (Wildman–Crippen LogP) is 1.04. The van der Waals surface area contributed by atoms with Crippen LogP contribution in [0, 0.1) is 5.92 Å². The Labute approximate surface area is 140 Å². The van der Waals surface area contributed by atoms with Crippen molar-refractivity contribution < 1.29 is 13.2 Å². The highest BCUT2D eigenvalue weighted by Gasteiger charge is 2.36. The lowest BCUT2D eigenvalue weighted by Gasteiger charge is -2.43. The lowest BCUT2D eigenvalue weighted by Crippen LogP contribution is -2.55. The topological polar surface area (TPSA) is 69.7 Å². The van der Waals surface area contributed by atoms with Crippen LogP contribution in [0.4, 0.5) is 0 Å². The van der Waals surface area contributed by atoms with Crippen LogP contribution in [-0.2, 0) is 14.8 Å². The Hall–Kier alpha value is -0.660. The van der Waals surface area contributed by atoms with Gasteiger partial charge in [-0.2, -0.15) is 0 Å². The summed E-state index contributed by atoms with van der Waals surface area (Å²) in [4.78, 5) is 14.7. The largest absolute Gasteiger partial charge is 0.354 e. The first-order chi connectivity index (χ1) is 10.7. The fraction of sp³-hybridized carbons (Fsp3) is 0.938. The number of likely N-dealkylation sites (N-methyl/N-ethyl adjacent to an activating group) is 1. The molecule has 134 valence electrons. The van der Waals surface area contributed by atoms with Crippen LogP contribution in [0.1, 0.15) is 44.9 Å². The maximum Gasteiger partial charge on any atom is 0.223 e. The van der Waals surface area contributed by atoms with E-state index in [1.54, 1.807) is 0 Å². The first-order valence-electron chi connectivity index (χ1n) is 8.65. The molecule has 1 aliphatic heterocycles. The zero-order valence-corrected chi connectivity index (χ0v) is 15.5. The second kappa shape index (κ2) is 7.49. The minimum Gasteiger partial charge on any atom is -0.354 e. The number of carbonyl (C=O) groups excluding carboxylic acids is 1. The Morgan fingerprint density at radius 2 is 1.74 bits per heavy atom. The third kappa shape index (κ3) is 4.67. The molecule has 23 heavy (non-hydrogen) atoms. The number of carbonyl (C=O) groups is 1. The molecule has 0 bridgehead atoms. The standard InChI is InChI=1S/C16H31N3O3S/c1-18(2)16(9-5-4-6-10-16)13-17-15(20)14-7-11-19(12-8-14)23(3,21)22/h14H,4-13H2,1-3H3,(H,17,20). The molecular weight excluding hydrogens is 314 g/mol. The van der Waals surface area contributed by atoms with Gasteiger partial charge in [-0.25, -0.2) is 12.7 Å². The quantitative estimate of drug-likeness (QED) is 0.808. The van der Waals surface area contributed by atoms with Crippen molar-refractivity contribution in [2.45, 2.75) is 50.5 Å². The van der Waals surface area contributed by atoms with Gasteiger partial charge in [-0.15, -0.1) is 0 Å². The van der Waals surface area contributed by atoms with Crippen molar-refractivity contribution in [2.75, 3.05) is 40.0 Å². The van der Waals surface area contributed by atoms with E-state index in [1.807, 2.05) is 0 Å². The smallest absolute Gasteiger partial charge is 0.223 e. The van der Waals surface area contributed by atoms with Crippen LogP contribution in [-0.4, -0.2) is 69.1 Å². The van der Waals surface area contributed by atoms with Crippen molar-refractivity contribution in [2.24, 2.45) is 5.92 Å². The summed E-state index contributed by atoms with van der Waals surface area (Å²) in [5.74, 6) is 0.0285. The average molecular weight is 346 g/mol. The molecule has 1 amide bonds. The molecule has 7 heteroatoms. The molecule has 1 N–H and O–H groups in total. The molecule has 1 saturated carbocycles. The number of amides is 1. The van der Waals surface area contributed by atoms with E-state index in [4.69, 9.17) is 0 Å². The summed E-state index contributed by atoms with van der Waals surface area (Å²) in [6.45, 7) is 1.61. The van der Waals surface area contributed by atoms with Crippen LogP contribution in [0.15, 0.2) is 0 Å². The average Bonchev–Trinajstić information content (AvgIpc) is 2.52. The number of nitrogens with one attached hydrogen (secondary N) is 1. The molecule has 0 aromatic rings. The molecule has 1 heterocycles. The Kier molecular flexibility index (Phi) is 6.08. The summed E-state index contributed by atoms with van der Waals surface area (Å²) in [7, 11) is 1.07.